The molecule has 0 radical (unpaired) electrons. The van der Waals surface area contributed by atoms with Crippen molar-refractivity contribution in [2.24, 2.45) is 57.8 Å². The minimum atomic E-state index is -3.80. The number of anilines is 1. The Balaban J connectivity index is 0.000000131. The number of halogens is 4. The minimum Gasteiger partial charge on any atom is -0.375 e. The highest BCUT2D eigenvalue weighted by Gasteiger charge is 2.37. The molecule has 8 aromatic carbocycles. The Morgan fingerprint density at radius 1 is 0.430 bits per heavy atom. The average Bonchev–Trinajstić information content (AvgIpc) is 1.65. The van der Waals surface area contributed by atoms with E-state index in [9.17, 15) is 56.0 Å². The van der Waals surface area contributed by atoms with E-state index in [-0.39, 0.29) is 48.7 Å². The van der Waals surface area contributed by atoms with Gasteiger partial charge in [-0.2, -0.15) is 0 Å². The largest absolute Gasteiger partial charge is 0.375 e. The van der Waals surface area contributed by atoms with Crippen LogP contribution >= 0.6 is 11.5 Å². The molecule has 19 rings (SSSR count). The van der Waals surface area contributed by atoms with Gasteiger partial charge in [-0.1, -0.05) is 78.5 Å². The molecule has 28 heteroatoms. The van der Waals surface area contributed by atoms with Crippen molar-refractivity contribution >= 4 is 112 Å². The first kappa shape index (κ1) is 97.1. The number of nitrogens with one attached hydrogen (secondary N) is 1. The molecule has 5 aromatic heterocycles. The van der Waals surface area contributed by atoms with Gasteiger partial charge in [0.25, 0.3) is 10.0 Å². The minimum absolute atomic E-state index is 0.00285. The van der Waals surface area contributed by atoms with Crippen LogP contribution in [0.15, 0.2) is 258 Å². The van der Waals surface area contributed by atoms with Crippen molar-refractivity contribution in [3.63, 3.8) is 0 Å². The molecule has 4 aliphatic heterocycles. The van der Waals surface area contributed by atoms with Gasteiger partial charge in [0.2, 0.25) is 5.91 Å². The van der Waals surface area contributed by atoms with Gasteiger partial charge in [-0.3, -0.25) is 9.52 Å². The van der Waals surface area contributed by atoms with Gasteiger partial charge in [0.1, 0.15) is 23.3 Å². The maximum absolute atomic E-state index is 13.3. The molecule has 13 aromatic rings. The highest BCUT2D eigenvalue weighted by molar-refractivity contribution is 7.93. The molecule has 4 saturated heterocycles. The normalized spacial score (nSPS) is 17.7. The molecule has 2 aliphatic carbocycles. The van der Waals surface area contributed by atoms with Gasteiger partial charge in [0.05, 0.1) is 41.7 Å². The van der Waals surface area contributed by atoms with Gasteiger partial charge in [0.15, 0.2) is 29.5 Å². The lowest BCUT2D eigenvalue weighted by molar-refractivity contribution is -0.136. The number of hydrogen-bond donors (Lipinski definition) is 1. The highest BCUT2D eigenvalue weighted by Crippen LogP contribution is 2.46. The Kier molecular flexibility index (Phi) is 29.3. The van der Waals surface area contributed by atoms with Crippen molar-refractivity contribution in [2.45, 2.75) is 172 Å². The van der Waals surface area contributed by atoms with Crippen LogP contribution in [0.25, 0.3) is 49.3 Å². The first-order chi connectivity index (χ1) is 64.4. The summed E-state index contributed by atoms with van der Waals surface area (Å²) in [5.41, 5.74) is 15.8. The maximum atomic E-state index is 13.3. The maximum Gasteiger partial charge on any atom is 0.261 e. The molecule has 3 atom stereocenters. The number of allylic oxidation sites excluding steroid dienone is 2. The van der Waals surface area contributed by atoms with E-state index in [0.29, 0.717) is 52.7 Å². The molecular weight excluding hydrogens is 1810 g/mol. The van der Waals surface area contributed by atoms with Gasteiger partial charge < -0.3 is 37.9 Å². The average molecular weight is 1930 g/mol. The number of aryl methyl sites for hydroxylation is 4. The van der Waals surface area contributed by atoms with Crippen LogP contribution < -0.4 is 4.72 Å². The van der Waals surface area contributed by atoms with Crippen molar-refractivity contribution < 1.29 is 56.0 Å². The zero-order valence-corrected chi connectivity index (χ0v) is 82.3. The van der Waals surface area contributed by atoms with E-state index in [0.717, 1.165) is 181 Å². The fourth-order valence-electron chi connectivity index (χ4n) is 20.9. The molecule has 2 saturated carbocycles. The second kappa shape index (κ2) is 40.7. The second-order valence-electron chi connectivity index (χ2n) is 38.3. The molecule has 1 amide bonds. The molecule has 6 aliphatic rings. The van der Waals surface area contributed by atoms with E-state index in [1.165, 1.54) is 169 Å². The number of sulfonamides is 1. The Bertz CT molecular complexity index is 7000. The Morgan fingerprint density at radius 2 is 0.793 bits per heavy atom. The number of carbonyl (C=O) groups is 1. The van der Waals surface area contributed by atoms with Crippen molar-refractivity contribution in [3.05, 3.63) is 305 Å². The fourth-order valence-corrected chi connectivity index (χ4v) is 26.5. The summed E-state index contributed by atoms with van der Waals surface area (Å²) in [6.07, 6.45) is 25.7. The topological polar surface area (TPSA) is 211 Å². The molecule has 19 nitrogen and oxygen atoms in total. The summed E-state index contributed by atoms with van der Waals surface area (Å²) >= 11 is 1.47. The van der Waals surface area contributed by atoms with Gasteiger partial charge in [-0.15, -0.1) is 0 Å². The molecular formula is C107H122F4N10O9S5. The summed E-state index contributed by atoms with van der Waals surface area (Å²) in [7, 11) is -6.37. The zero-order valence-electron chi connectivity index (χ0n) is 78.2. The number of amides is 1. The molecule has 712 valence electrons. The molecule has 135 heavy (non-hydrogen) atoms. The van der Waals surface area contributed by atoms with Gasteiger partial charge in [-0.05, 0) is 326 Å². The van der Waals surface area contributed by atoms with Crippen LogP contribution in [0.4, 0.5) is 23.2 Å². The number of benzene rings is 8. The summed E-state index contributed by atoms with van der Waals surface area (Å²) in [4.78, 5) is 23.3. The SMILES string of the molecule is C=C(C1CC1)N1CCC(c2cn(C)c3ccc(CS(=O)(=O)c4ccc(F)cc4)cc23)CC1.C=C([C@H](C)C1CCCC1)N1CCC(c2cn(C)c3ccc(NS(=O)(=O)c4ccc(F)cc4)cc23)CC1.C=C(c1ccns1)N1CCC(c2cn(C)c3ccc(CS(=O)(=O)c4ccc(F)cc4)cc23)CC1.CC(C)C(=O)N1CC[C@@H](c2cn(C)c3ccc(CS(=O)(=O)c4ccc(F)cc4)cc23)[C@@H](C)C1. The number of aromatic nitrogens is 5. The van der Waals surface area contributed by atoms with E-state index >= 15 is 0 Å². The predicted octanol–water partition coefficient (Wildman–Crippen LogP) is 22.5. The van der Waals surface area contributed by atoms with E-state index in [1.807, 2.05) is 126 Å². The Labute approximate surface area is 796 Å². The molecule has 1 N–H and O–H groups in total. The van der Waals surface area contributed by atoms with E-state index in [1.54, 1.807) is 6.07 Å². The standard InChI is InChI=1S/C29H36FN3O2S.C26H26FN3O2S2.C26H31FN2O3S.C26H29FN2O2S/c1-20(22-6-4-5-7-22)21(2)33-16-14-23(15-17-33)28-19-32(3)29-13-10-25(18-27(28)29)31-36(34,35)26-11-8-24(30)9-12-26;1-18(26-9-12-28-33-26)30-13-10-20(11-14-30)24-16-29(2)25-8-3-19(15-23(24)25)17-34(31,32)22-6-4-21(27)5-7-22;1-17(2)26(30)29-12-11-22(18(3)14-29)24-15-28(4)25-10-5-19(13-23(24)25)16-33(31,32)21-8-6-20(27)7-9-21;1-18(20-4-5-20)29-13-11-21(12-14-29)25-16-28(2)26-10-3-19(15-24(25)26)17-32(30,31)23-8-6-22(27)7-9-23/h8-13,18-20,22-23,31H,2,4-7,14-17H2,1,3H3;3-9,12,15-16,20H,1,10-11,13-14,17H2,2H3;5-10,13,15,17-18,22H,11-12,14,16H2,1-4H3;3,6-10,15-16,20-21H,1,4-5,11-14,17H2,2H3/t20-;;18-,22+;/m0.0./s1. The summed E-state index contributed by atoms with van der Waals surface area (Å²) in [5.74, 6) is 1.97. The number of piperidine rings is 4. The van der Waals surface area contributed by atoms with Crippen molar-refractivity contribution in [1.29, 1.82) is 0 Å². The second-order valence-corrected chi connectivity index (χ2v) is 46.8. The molecule has 0 unspecified atom stereocenters. The zero-order chi connectivity index (χ0) is 95.7. The quantitative estimate of drug-likeness (QED) is 0.0441. The van der Waals surface area contributed by atoms with Crippen LogP contribution in [-0.4, -0.2) is 134 Å². The van der Waals surface area contributed by atoms with E-state index < -0.39 is 62.8 Å². The molecule has 0 bridgehead atoms. The summed E-state index contributed by atoms with van der Waals surface area (Å²) in [6.45, 7) is 28.9. The number of nitrogens with zero attached hydrogens (tertiary/aromatic N) is 9. The van der Waals surface area contributed by atoms with Crippen LogP contribution in [0.3, 0.4) is 0 Å². The number of rotatable bonds is 24. The fraction of sp³-hybridized carbons (Fsp3) is 0.383. The molecule has 9 heterocycles. The van der Waals surface area contributed by atoms with E-state index in [4.69, 9.17) is 0 Å². The van der Waals surface area contributed by atoms with Crippen LogP contribution in [0.5, 0.6) is 0 Å². The lowest BCUT2D eigenvalue weighted by Gasteiger charge is -2.38. The summed E-state index contributed by atoms with van der Waals surface area (Å²) in [5, 5.41) is 4.38. The van der Waals surface area contributed by atoms with Gasteiger partial charge in [0, 0.05) is 184 Å². The number of hydrogen-bond acceptors (Lipinski definition) is 14. The third kappa shape index (κ3) is 22.2. The summed E-state index contributed by atoms with van der Waals surface area (Å²) in [6, 6.07) is 45.2. The Morgan fingerprint density at radius 3 is 1.18 bits per heavy atom. The molecule has 0 spiro atoms. The van der Waals surface area contributed by atoms with Gasteiger partial charge >= 0.3 is 0 Å². The van der Waals surface area contributed by atoms with Crippen molar-refractivity contribution in [3.8, 4) is 0 Å². The van der Waals surface area contributed by atoms with E-state index in [2.05, 4.69) is 100 Å². The third-order valence-corrected chi connectivity index (χ3v) is 36.1. The summed E-state index contributed by atoms with van der Waals surface area (Å²) < 4.78 is 171. The van der Waals surface area contributed by atoms with Crippen LogP contribution in [0.2, 0.25) is 0 Å². The lowest BCUT2D eigenvalue weighted by Crippen LogP contribution is -2.43. The van der Waals surface area contributed by atoms with Crippen LogP contribution in [-0.2, 0) is 89.8 Å². The lowest BCUT2D eigenvalue weighted by atomic mass is 9.81. The van der Waals surface area contributed by atoms with Crippen molar-refractivity contribution in [2.75, 3.05) is 57.1 Å². The number of fused-ring (bicyclic) bond motifs is 4. The number of carbonyl (C=O) groups excluding carboxylic acids is 1. The smallest absolute Gasteiger partial charge is 0.261 e. The number of sulfone groups is 3. The third-order valence-electron chi connectivity index (χ3n) is 28.8. The highest BCUT2D eigenvalue weighted by atomic mass is 32.2. The van der Waals surface area contributed by atoms with Crippen molar-refractivity contribution in [1.82, 2.24) is 42.2 Å². The van der Waals surface area contributed by atoms with Crippen LogP contribution in [0.1, 0.15) is 179 Å². The first-order valence-corrected chi connectivity index (χ1v) is 54.2. The Hall–Kier alpha value is -11.0. The van der Waals surface area contributed by atoms with Gasteiger partial charge in [-0.25, -0.2) is 55.6 Å². The number of likely N-dealkylation sites (tertiary alicyclic amines) is 4. The monoisotopic (exact) mass is 1930 g/mol. The van der Waals surface area contributed by atoms with Crippen LogP contribution in [0, 0.1) is 52.9 Å². The molecule has 6 fully saturated rings. The first-order valence-electron chi connectivity index (χ1n) is 47.0. The predicted molar refractivity (Wildman–Crippen MR) is 533 cm³/mol.